The molecule has 0 heterocycles. The number of ether oxygens (including phenoxy) is 1. The molecule has 0 saturated heterocycles. The number of Topliss-reactive ketones (excluding diaryl/α,β-unsaturated/α-hetero) is 1. The monoisotopic (exact) mass is 615 g/mol. The number of allylic oxidation sites excluding steroid dienone is 4. The van der Waals surface area contributed by atoms with E-state index in [9.17, 15) is 9.59 Å². The molecule has 7 heteroatoms. The third-order valence-corrected chi connectivity index (χ3v) is 6.52. The number of nitrogens with two attached hydrogens (primary N) is 1. The highest BCUT2D eigenvalue weighted by atomic mass is 16.5. The molecular formula is C37H65N3O4. The van der Waals surface area contributed by atoms with E-state index in [1.807, 2.05) is 53.7 Å². The molecule has 0 aliphatic carbocycles. The van der Waals surface area contributed by atoms with Crippen LogP contribution in [0.4, 0.5) is 5.69 Å². The molecule has 3 N–H and O–H groups in total. The van der Waals surface area contributed by atoms with E-state index in [4.69, 9.17) is 20.6 Å². The van der Waals surface area contributed by atoms with Gasteiger partial charge in [-0.15, -0.1) is 0 Å². The molecular weight excluding hydrogens is 550 g/mol. The maximum atomic E-state index is 12.2. The number of hydrogen-bond donors (Lipinski definition) is 2. The normalized spacial score (nSPS) is 13.8. The van der Waals surface area contributed by atoms with Crippen molar-refractivity contribution in [2.45, 2.75) is 121 Å². The van der Waals surface area contributed by atoms with Crippen LogP contribution in [0.15, 0.2) is 46.5 Å². The van der Waals surface area contributed by atoms with Crippen molar-refractivity contribution in [3.63, 3.8) is 0 Å². The first kappa shape index (κ1) is 43.5. The summed E-state index contributed by atoms with van der Waals surface area (Å²) in [6.45, 7) is 24.2. The van der Waals surface area contributed by atoms with Crippen LogP contribution in [0, 0.1) is 18.3 Å². The maximum absolute atomic E-state index is 12.2. The highest BCUT2D eigenvalue weighted by Crippen LogP contribution is 2.25. The minimum Gasteiger partial charge on any atom is -0.465 e. The third kappa shape index (κ3) is 21.2. The molecule has 2 atom stereocenters. The van der Waals surface area contributed by atoms with Crippen molar-refractivity contribution in [3.05, 3.63) is 52.6 Å². The van der Waals surface area contributed by atoms with Crippen LogP contribution >= 0.6 is 0 Å². The lowest BCUT2D eigenvalue weighted by atomic mass is 9.93. The standard InChI is InChI=1S/C23H34N2O.C9H18O3.C5H13N/c1-7-10-22(26)18(6)13-20(9-3)23(16(4)8-2)25-21-14-19(15-24)12-11-17(21)5;1-7(10)5-8(11)12-6-9(2,3)4;1-4-5-6(2)3/h9,11-14,16H,7-8,10,15,24H2,1-6H3;7,10H,5-6H2,1-4H3;4-5H2,1-3H3/b18-13-,20-9+,25-23?;;. The fourth-order valence-electron chi connectivity index (χ4n) is 3.77. The van der Waals surface area contributed by atoms with Gasteiger partial charge in [0.1, 0.15) is 0 Å². The Balaban J connectivity index is 0. The number of ketones is 1. The van der Waals surface area contributed by atoms with Crippen molar-refractivity contribution in [2.75, 3.05) is 27.2 Å². The first-order chi connectivity index (χ1) is 20.5. The Hall–Kier alpha value is -2.61. The number of aliphatic hydroxyl groups excluding tert-OH is 1. The van der Waals surface area contributed by atoms with Gasteiger partial charge in [-0.05, 0) is 113 Å². The first-order valence-corrected chi connectivity index (χ1v) is 16.2. The smallest absolute Gasteiger partial charge is 0.308 e. The van der Waals surface area contributed by atoms with E-state index in [2.05, 4.69) is 64.9 Å². The molecule has 1 aromatic carbocycles. The molecule has 0 amide bonds. The average molecular weight is 616 g/mol. The second-order valence-corrected chi connectivity index (χ2v) is 13.0. The summed E-state index contributed by atoms with van der Waals surface area (Å²) in [5.41, 5.74) is 11.8. The molecule has 1 aromatic rings. The second-order valence-electron chi connectivity index (χ2n) is 13.0. The summed E-state index contributed by atoms with van der Waals surface area (Å²) in [7, 11) is 4.17. The predicted molar refractivity (Wildman–Crippen MR) is 189 cm³/mol. The van der Waals surface area contributed by atoms with Gasteiger partial charge in [-0.1, -0.05) is 66.7 Å². The highest BCUT2D eigenvalue weighted by Gasteiger charge is 2.16. The van der Waals surface area contributed by atoms with Crippen molar-refractivity contribution in [3.8, 4) is 0 Å². The number of aryl methyl sites for hydroxylation is 1. The lowest BCUT2D eigenvalue weighted by molar-refractivity contribution is -0.148. The maximum Gasteiger partial charge on any atom is 0.308 e. The van der Waals surface area contributed by atoms with Crippen molar-refractivity contribution in [1.82, 2.24) is 4.90 Å². The summed E-state index contributed by atoms with van der Waals surface area (Å²) < 4.78 is 4.92. The fourth-order valence-corrected chi connectivity index (χ4v) is 3.77. The summed E-state index contributed by atoms with van der Waals surface area (Å²) in [6.07, 6.45) is 7.21. The molecule has 0 bridgehead atoms. The van der Waals surface area contributed by atoms with Gasteiger partial charge in [0.15, 0.2) is 5.78 Å². The van der Waals surface area contributed by atoms with E-state index in [-0.39, 0.29) is 23.6 Å². The number of hydrogen-bond acceptors (Lipinski definition) is 7. The number of carbonyl (C=O) groups is 2. The Morgan fingerprint density at radius 2 is 1.73 bits per heavy atom. The molecule has 0 fully saturated rings. The van der Waals surface area contributed by atoms with Crippen LogP contribution in [0.3, 0.4) is 0 Å². The molecule has 44 heavy (non-hydrogen) atoms. The zero-order valence-corrected chi connectivity index (χ0v) is 30.3. The van der Waals surface area contributed by atoms with Gasteiger partial charge in [-0.2, -0.15) is 0 Å². The molecule has 1 rings (SSSR count). The van der Waals surface area contributed by atoms with Crippen molar-refractivity contribution < 1.29 is 19.4 Å². The van der Waals surface area contributed by atoms with Gasteiger partial charge in [0.25, 0.3) is 0 Å². The quantitative estimate of drug-likeness (QED) is 0.0947. The van der Waals surface area contributed by atoms with E-state index in [0.29, 0.717) is 25.5 Å². The van der Waals surface area contributed by atoms with E-state index in [0.717, 1.165) is 46.5 Å². The lowest BCUT2D eigenvalue weighted by Crippen LogP contribution is -2.20. The van der Waals surface area contributed by atoms with E-state index >= 15 is 0 Å². The summed E-state index contributed by atoms with van der Waals surface area (Å²) in [5.74, 6) is 0.170. The number of carbonyl (C=O) groups excluding carboxylic acids is 2. The predicted octanol–water partition coefficient (Wildman–Crippen LogP) is 8.14. The van der Waals surface area contributed by atoms with Crippen molar-refractivity contribution in [1.29, 1.82) is 0 Å². The largest absolute Gasteiger partial charge is 0.465 e. The number of rotatable bonds is 14. The van der Waals surface area contributed by atoms with Gasteiger partial charge in [0, 0.05) is 13.0 Å². The molecule has 2 unspecified atom stereocenters. The molecule has 0 radical (unpaired) electrons. The number of aliphatic imine (C=N–C) groups is 1. The SMILES string of the molecule is C/C=C(\C=C(\C)C(=O)CCC)C(=Nc1cc(CN)ccc1C)C(C)CC.CC(O)CC(=O)OCC(C)(C)C.CCCN(C)C. The minimum absolute atomic E-state index is 0.00560. The Morgan fingerprint density at radius 3 is 2.14 bits per heavy atom. The summed E-state index contributed by atoms with van der Waals surface area (Å²) in [5, 5.41) is 8.85. The Bertz CT molecular complexity index is 1060. The highest BCUT2D eigenvalue weighted by molar-refractivity contribution is 6.07. The van der Waals surface area contributed by atoms with Crippen LogP contribution in [0.5, 0.6) is 0 Å². The van der Waals surface area contributed by atoms with Crippen molar-refractivity contribution in [2.24, 2.45) is 22.1 Å². The molecule has 7 nitrogen and oxygen atoms in total. The number of esters is 1. The van der Waals surface area contributed by atoms with Crippen LogP contribution in [0.25, 0.3) is 0 Å². The minimum atomic E-state index is -0.613. The zero-order valence-electron chi connectivity index (χ0n) is 30.3. The lowest BCUT2D eigenvalue weighted by Gasteiger charge is -2.17. The number of benzene rings is 1. The van der Waals surface area contributed by atoms with Gasteiger partial charge in [-0.25, -0.2) is 0 Å². The van der Waals surface area contributed by atoms with Crippen LogP contribution in [-0.2, 0) is 20.9 Å². The Labute approximate surface area is 270 Å². The zero-order chi connectivity index (χ0) is 34.5. The number of nitrogens with zero attached hydrogens (tertiary/aromatic N) is 2. The summed E-state index contributed by atoms with van der Waals surface area (Å²) >= 11 is 0. The van der Waals surface area contributed by atoms with Gasteiger partial charge >= 0.3 is 5.97 Å². The van der Waals surface area contributed by atoms with Crippen LogP contribution < -0.4 is 5.73 Å². The molecule has 0 aromatic heterocycles. The second kappa shape index (κ2) is 23.7. The van der Waals surface area contributed by atoms with Gasteiger partial charge in [-0.3, -0.25) is 14.6 Å². The average Bonchev–Trinajstić information content (AvgIpc) is 2.94. The summed E-state index contributed by atoms with van der Waals surface area (Å²) in [4.78, 5) is 30.3. The van der Waals surface area contributed by atoms with Gasteiger partial charge in [0.05, 0.1) is 30.5 Å². The topological polar surface area (TPSA) is 105 Å². The van der Waals surface area contributed by atoms with Crippen LogP contribution in [0.2, 0.25) is 0 Å². The molecule has 0 aliphatic heterocycles. The third-order valence-electron chi connectivity index (χ3n) is 6.52. The van der Waals surface area contributed by atoms with Gasteiger partial charge < -0.3 is 20.5 Å². The van der Waals surface area contributed by atoms with E-state index < -0.39 is 6.10 Å². The van der Waals surface area contributed by atoms with Gasteiger partial charge in [0.2, 0.25) is 0 Å². The molecule has 0 aliphatic rings. The number of aliphatic hydroxyl groups is 1. The Morgan fingerprint density at radius 1 is 1.11 bits per heavy atom. The fraction of sp³-hybridized carbons (Fsp3) is 0.649. The van der Waals surface area contributed by atoms with E-state index in [1.54, 1.807) is 6.92 Å². The molecule has 0 spiro atoms. The van der Waals surface area contributed by atoms with E-state index in [1.165, 1.54) is 13.0 Å². The molecule has 252 valence electrons. The molecule has 0 saturated carbocycles. The van der Waals surface area contributed by atoms with Crippen molar-refractivity contribution >= 4 is 23.2 Å². The first-order valence-electron chi connectivity index (χ1n) is 16.2. The summed E-state index contributed by atoms with van der Waals surface area (Å²) in [6, 6.07) is 6.17. The van der Waals surface area contributed by atoms with Crippen LogP contribution in [-0.4, -0.2) is 60.8 Å². The Kier molecular flexibility index (Phi) is 23.5. The van der Waals surface area contributed by atoms with Crippen LogP contribution in [0.1, 0.15) is 112 Å².